The zero-order valence-electron chi connectivity index (χ0n) is 32.8. The first-order valence-electron chi connectivity index (χ1n) is 15.7. The predicted octanol–water partition coefficient (Wildman–Crippen LogP) is -24.9. The molecule has 4 unspecified atom stereocenters. The summed E-state index contributed by atoms with van der Waals surface area (Å²) >= 11 is 0. The molecule has 0 aromatic carbocycles. The Labute approximate surface area is 439 Å². The molecule has 0 aliphatic carbocycles. The maximum absolute atomic E-state index is 11.4. The standard InChI is InChI=1S/C13H21NO12S.C12H19NO16S2.4Na/c1-27(22,23)14-7-9(18)10(6(3-15)24-12(7)21)26-13-8(17)4(16)2-5(25-13)11(19)20;14-3-1-4(10(17)18)28-12(7(3)15)29-9-5(2-26-31(23,24)25)27-11(19)6(8(9)16)13-30(20,21)22;;;;/h2,4,6-10,12-18,21H,3H2,1H3,(H,19,20);1,3,5-9,11-16,19H,2H2,(H,17,18)(H,20,21,22)(H,23,24,25);;;;/q;;4*+1/p-4/t4-,6-,7-,8+,9-,10?,12?,13+;3-,5-,6-,7+,8-,9?,11?,12+;;;;/m11..../s1. The van der Waals surface area contributed by atoms with E-state index in [9.17, 15) is 100 Å². The minimum absolute atomic E-state index is 0. The Balaban J connectivity index is 0. The smallest absolute Gasteiger partial charge is 0.735 e. The fourth-order valence-corrected chi connectivity index (χ4v) is 7.00. The summed E-state index contributed by atoms with van der Waals surface area (Å²) in [7, 11) is -14.5. The van der Waals surface area contributed by atoms with Gasteiger partial charge in [-0.15, -0.1) is 0 Å². The molecule has 0 bridgehead atoms. The van der Waals surface area contributed by atoms with Crippen LogP contribution in [0.1, 0.15) is 0 Å². The summed E-state index contributed by atoms with van der Waals surface area (Å²) in [4.78, 5) is 21.8. The first-order chi connectivity index (χ1) is 26.5. The summed E-state index contributed by atoms with van der Waals surface area (Å²) in [5, 5.41) is 111. The number of rotatable bonds is 14. The van der Waals surface area contributed by atoms with E-state index >= 15 is 0 Å². The first kappa shape index (κ1) is 65.2. The van der Waals surface area contributed by atoms with Crippen molar-refractivity contribution in [3.8, 4) is 0 Å². The van der Waals surface area contributed by atoms with Crippen LogP contribution >= 0.6 is 0 Å². The van der Waals surface area contributed by atoms with Crippen molar-refractivity contribution < 1.29 is 251 Å². The first-order valence-corrected chi connectivity index (χ1v) is 20.3. The molecule has 11 N–H and O–H groups in total. The van der Waals surface area contributed by atoms with Crippen molar-refractivity contribution in [2.45, 2.75) is 98.3 Å². The minimum atomic E-state index is -5.32. The van der Waals surface area contributed by atoms with Crippen LogP contribution in [0.5, 0.6) is 0 Å². The number of carbonyl (C=O) groups is 2. The Morgan fingerprint density at radius 2 is 1.03 bits per heavy atom. The van der Waals surface area contributed by atoms with E-state index in [1.54, 1.807) is 0 Å². The van der Waals surface area contributed by atoms with Gasteiger partial charge in [-0.25, -0.2) is 34.7 Å². The minimum Gasteiger partial charge on any atom is -0.735 e. The van der Waals surface area contributed by atoms with Crippen molar-refractivity contribution in [1.82, 2.24) is 9.44 Å². The van der Waals surface area contributed by atoms with Crippen LogP contribution in [0.4, 0.5) is 0 Å². The summed E-state index contributed by atoms with van der Waals surface area (Å²) in [6.45, 7) is -2.01. The van der Waals surface area contributed by atoms with Crippen molar-refractivity contribution in [2.75, 3.05) is 19.5 Å². The zero-order chi connectivity index (χ0) is 44.2. The molecule has 0 aromatic rings. The van der Waals surface area contributed by atoms with Gasteiger partial charge in [0.2, 0.25) is 33.0 Å². The van der Waals surface area contributed by atoms with Crippen molar-refractivity contribution in [1.29, 1.82) is 0 Å². The zero-order valence-corrected chi connectivity index (χ0v) is 43.3. The van der Waals surface area contributed by atoms with Gasteiger partial charge < -0.3 is 103 Å². The molecule has 4 rings (SSSR count). The molecule has 4 heterocycles. The number of aliphatic carboxylic acids is 2. The van der Waals surface area contributed by atoms with Gasteiger partial charge in [0.1, 0.15) is 96.6 Å². The van der Waals surface area contributed by atoms with Gasteiger partial charge in [0.25, 0.3) is 0 Å². The molecule has 4 aliphatic heterocycles. The van der Waals surface area contributed by atoms with E-state index in [2.05, 4.69) is 4.18 Å². The average molecular weight is 1000 g/mol. The summed E-state index contributed by atoms with van der Waals surface area (Å²) in [5.74, 6) is -5.58. The topological polar surface area (TPSA) is 500 Å². The van der Waals surface area contributed by atoms with Gasteiger partial charge in [0.15, 0.2) is 22.9 Å². The molecule has 16 atom stereocenters. The van der Waals surface area contributed by atoms with Crippen molar-refractivity contribution in [3.63, 3.8) is 0 Å². The molecule has 2 fully saturated rings. The summed E-state index contributed by atoms with van der Waals surface area (Å²) in [5.41, 5.74) is 0. The third-order valence-electron chi connectivity index (χ3n) is 7.94. The third kappa shape index (κ3) is 19.3. The van der Waals surface area contributed by atoms with Gasteiger partial charge in [-0.05, 0) is 12.2 Å². The van der Waals surface area contributed by atoms with E-state index in [1.807, 2.05) is 4.72 Å². The fraction of sp³-hybridized carbons (Fsp3) is 0.760. The molecular weight excluding hydrogens is 964 g/mol. The van der Waals surface area contributed by atoms with Gasteiger partial charge in [-0.2, -0.15) is 0 Å². The number of carbonyl (C=O) groups excluding carboxylic acids is 2. The van der Waals surface area contributed by atoms with E-state index in [-0.39, 0.29) is 118 Å². The largest absolute Gasteiger partial charge is 1.00 e. The summed E-state index contributed by atoms with van der Waals surface area (Å²) in [6.07, 6.45) is -24.3. The third-order valence-corrected chi connectivity index (χ3v) is 9.63. The van der Waals surface area contributed by atoms with Crippen LogP contribution in [-0.4, -0.2) is 210 Å². The number of hydrogen-bond acceptors (Lipinski definition) is 28. The summed E-state index contributed by atoms with van der Waals surface area (Å²) in [6, 6.07) is -3.70. The van der Waals surface area contributed by atoms with Crippen LogP contribution in [-0.2, 0) is 72.9 Å². The molecule has 2 saturated heterocycles. The second kappa shape index (κ2) is 27.4. The second-order valence-electron chi connectivity index (χ2n) is 12.3. The number of sulfonamides is 1. The number of hydrogen-bond donors (Lipinski definition) is 11. The van der Waals surface area contributed by atoms with Gasteiger partial charge in [0, 0.05) is 0 Å². The molecule has 4 aliphatic rings. The molecule has 62 heavy (non-hydrogen) atoms. The fourth-order valence-electron chi connectivity index (χ4n) is 5.36. The number of carboxylic acids is 2. The van der Waals surface area contributed by atoms with Crippen LogP contribution < -0.4 is 138 Å². The molecule has 0 saturated carbocycles. The Hall–Kier alpha value is 1.15. The number of ether oxygens (including phenoxy) is 6. The maximum atomic E-state index is 11.4. The van der Waals surface area contributed by atoms with Crippen molar-refractivity contribution in [2.24, 2.45) is 0 Å². The molecule has 0 aromatic heterocycles. The Bertz CT molecular complexity index is 1860. The number of aliphatic hydroxyl groups excluding tert-OH is 9. The maximum Gasteiger partial charge on any atom is 1.00 e. The van der Waals surface area contributed by atoms with Crippen molar-refractivity contribution in [3.05, 3.63) is 23.7 Å². The van der Waals surface area contributed by atoms with Crippen LogP contribution in [0.3, 0.4) is 0 Å². The quantitative estimate of drug-likeness (QED) is 0.0437. The Morgan fingerprint density at radius 1 is 0.661 bits per heavy atom. The van der Waals surface area contributed by atoms with Crippen LogP contribution in [0.2, 0.25) is 0 Å². The molecule has 0 amide bonds. The van der Waals surface area contributed by atoms with Gasteiger partial charge >= 0.3 is 118 Å². The van der Waals surface area contributed by atoms with E-state index in [1.165, 1.54) is 4.72 Å². The monoisotopic (exact) mass is 1000 g/mol. The predicted molar refractivity (Wildman–Crippen MR) is 165 cm³/mol. The second-order valence-corrected chi connectivity index (χ2v) is 16.2. The van der Waals surface area contributed by atoms with E-state index in [0.717, 1.165) is 6.26 Å². The summed E-state index contributed by atoms with van der Waals surface area (Å²) < 4.78 is 125. The van der Waals surface area contributed by atoms with Gasteiger partial charge in [-0.3, -0.25) is 4.18 Å². The number of carboxylic acid groups (broad SMARTS) is 2. The number of nitrogens with one attached hydrogen (secondary N) is 2. The number of aliphatic hydroxyl groups is 9. The van der Waals surface area contributed by atoms with Gasteiger partial charge in [-0.1, -0.05) is 0 Å². The van der Waals surface area contributed by atoms with E-state index in [4.69, 9.17) is 28.4 Å². The molecular formula is C25H36N2Na4O28S3. The average Bonchev–Trinajstić information content (AvgIpc) is 3.08. The van der Waals surface area contributed by atoms with E-state index in [0.29, 0.717) is 12.2 Å². The SMILES string of the molecule is CS(=O)(=O)N[C@H]1C(O)O[C@H](CO)C(O[C@@H]2OC(C(=O)[O-])=C[C@@H](O)[C@@H]2O)[C@@H]1O.O=C([O-])C1=C[C@@H](O)[C@H](O)[C@H](OC2[C@@H](COS(=O)(=O)[O-])OC(O)[C@H](NS(=O)(=O)[O-])[C@H]2O)O1.[Na+].[Na+].[Na+].[Na+]. The van der Waals surface area contributed by atoms with Crippen LogP contribution in [0.15, 0.2) is 23.7 Å². The Morgan fingerprint density at radius 3 is 1.37 bits per heavy atom. The normalized spacial score (nSPS) is 36.0. The van der Waals surface area contributed by atoms with Crippen LogP contribution in [0.25, 0.3) is 0 Å². The molecule has 30 nitrogen and oxygen atoms in total. The van der Waals surface area contributed by atoms with Crippen molar-refractivity contribution >= 4 is 42.7 Å². The molecule has 37 heteroatoms. The van der Waals surface area contributed by atoms with E-state index < -0.39 is 166 Å². The molecule has 336 valence electrons. The Kier molecular flexibility index (Phi) is 28.8. The molecule has 0 radical (unpaired) electrons. The van der Waals surface area contributed by atoms with Gasteiger partial charge in [0.05, 0.1) is 19.5 Å². The van der Waals surface area contributed by atoms with Crippen LogP contribution in [0, 0.1) is 0 Å². The molecule has 0 spiro atoms.